The molecule has 0 spiro atoms. The van der Waals surface area contributed by atoms with Crippen LogP contribution in [0.2, 0.25) is 0 Å². The zero-order valence-electron chi connectivity index (χ0n) is 17.5. The van der Waals surface area contributed by atoms with E-state index >= 15 is 0 Å². The number of nitrogens with zero attached hydrogens (tertiary/aromatic N) is 2. The van der Waals surface area contributed by atoms with Gasteiger partial charge < -0.3 is 0 Å². The van der Waals surface area contributed by atoms with E-state index in [4.69, 9.17) is 0 Å². The number of aryl methyl sites for hydroxylation is 1. The Labute approximate surface area is 158 Å². The van der Waals surface area contributed by atoms with Gasteiger partial charge in [0.25, 0.3) is 0 Å². The lowest BCUT2D eigenvalue weighted by Crippen LogP contribution is -1.99. The standard InChI is InChI=1S/C14H14N2.4C2H6.CH4/c1-11-3-5-13(6-4-11)16-14-9-7-12(15-2)8-10-14;4*1-2;/h3-10H,1-2H3;4*1-2H3;1H4. The number of allylic oxidation sites excluding steroid dienone is 4. The summed E-state index contributed by atoms with van der Waals surface area (Å²) in [6.07, 6.45) is 7.88. The van der Waals surface area contributed by atoms with E-state index in [0.717, 1.165) is 17.1 Å². The van der Waals surface area contributed by atoms with Gasteiger partial charge in [0, 0.05) is 7.05 Å². The fourth-order valence-electron chi connectivity index (χ4n) is 1.44. The Kier molecular flexibility index (Phi) is 30.0. The summed E-state index contributed by atoms with van der Waals surface area (Å²) in [7, 11) is 1.78. The molecule has 1 aliphatic carbocycles. The van der Waals surface area contributed by atoms with Crippen LogP contribution in [0.1, 0.15) is 68.4 Å². The molecule has 0 aromatic heterocycles. The zero-order chi connectivity index (χ0) is 19.4. The van der Waals surface area contributed by atoms with Crippen LogP contribution in [0.3, 0.4) is 0 Å². The van der Waals surface area contributed by atoms with E-state index in [-0.39, 0.29) is 7.43 Å². The van der Waals surface area contributed by atoms with Gasteiger partial charge in [0.15, 0.2) is 0 Å². The van der Waals surface area contributed by atoms with E-state index in [9.17, 15) is 0 Å². The predicted molar refractivity (Wildman–Crippen MR) is 122 cm³/mol. The number of hydrogen-bond acceptors (Lipinski definition) is 2. The Balaban J connectivity index is -0.000000217. The molecule has 2 heteroatoms. The van der Waals surface area contributed by atoms with Crippen LogP contribution in [0.25, 0.3) is 0 Å². The minimum Gasteiger partial charge on any atom is -0.289 e. The molecular weight excluding hydrogens is 304 g/mol. The van der Waals surface area contributed by atoms with Gasteiger partial charge in [0.2, 0.25) is 0 Å². The van der Waals surface area contributed by atoms with Crippen LogP contribution < -0.4 is 0 Å². The summed E-state index contributed by atoms with van der Waals surface area (Å²) in [5.74, 6) is 0. The van der Waals surface area contributed by atoms with Crippen molar-refractivity contribution in [1.29, 1.82) is 0 Å². The Hall–Kier alpha value is -1.96. The molecular formula is C23H42N2. The van der Waals surface area contributed by atoms with Crippen molar-refractivity contribution < 1.29 is 0 Å². The van der Waals surface area contributed by atoms with Crippen molar-refractivity contribution in [3.63, 3.8) is 0 Å². The molecule has 0 saturated carbocycles. The largest absolute Gasteiger partial charge is 0.289 e. The molecule has 2 rings (SSSR count). The van der Waals surface area contributed by atoms with Crippen molar-refractivity contribution in [1.82, 2.24) is 0 Å². The van der Waals surface area contributed by atoms with Gasteiger partial charge >= 0.3 is 0 Å². The molecule has 0 atom stereocenters. The first kappa shape index (κ1) is 30.9. The average molecular weight is 347 g/mol. The summed E-state index contributed by atoms with van der Waals surface area (Å²) >= 11 is 0. The molecule has 1 aromatic rings. The third kappa shape index (κ3) is 15.3. The van der Waals surface area contributed by atoms with Gasteiger partial charge in [0.05, 0.1) is 17.1 Å². The van der Waals surface area contributed by atoms with Crippen molar-refractivity contribution in [3.05, 3.63) is 54.1 Å². The van der Waals surface area contributed by atoms with Gasteiger partial charge in [0.1, 0.15) is 0 Å². The molecule has 144 valence electrons. The van der Waals surface area contributed by atoms with Crippen molar-refractivity contribution >= 4 is 17.1 Å². The highest BCUT2D eigenvalue weighted by Gasteiger charge is 1.98. The second-order valence-electron chi connectivity index (χ2n) is 3.69. The van der Waals surface area contributed by atoms with E-state index in [0.29, 0.717) is 0 Å². The van der Waals surface area contributed by atoms with Gasteiger partial charge in [-0.3, -0.25) is 4.99 Å². The summed E-state index contributed by atoms with van der Waals surface area (Å²) in [5.41, 5.74) is 4.16. The maximum absolute atomic E-state index is 4.52. The quantitative estimate of drug-likeness (QED) is 0.460. The van der Waals surface area contributed by atoms with E-state index in [1.807, 2.05) is 91.8 Å². The van der Waals surface area contributed by atoms with Gasteiger partial charge in [-0.2, -0.15) is 0 Å². The number of rotatable bonds is 1. The second-order valence-corrected chi connectivity index (χ2v) is 3.69. The molecule has 0 bridgehead atoms. The van der Waals surface area contributed by atoms with Crippen LogP contribution in [0, 0.1) is 6.92 Å². The minimum atomic E-state index is 0. The van der Waals surface area contributed by atoms with Gasteiger partial charge in [-0.25, -0.2) is 4.99 Å². The highest BCUT2D eigenvalue weighted by atomic mass is 14.7. The molecule has 0 saturated heterocycles. The summed E-state index contributed by atoms with van der Waals surface area (Å²) in [6, 6.07) is 8.17. The minimum absolute atomic E-state index is 0. The number of hydrogen-bond donors (Lipinski definition) is 0. The molecule has 0 heterocycles. The molecule has 0 N–H and O–H groups in total. The summed E-state index contributed by atoms with van der Waals surface area (Å²) in [5, 5.41) is 0. The lowest BCUT2D eigenvalue weighted by atomic mass is 10.1. The molecule has 0 aliphatic heterocycles. The highest BCUT2D eigenvalue weighted by molar-refractivity contribution is 6.18. The molecule has 25 heavy (non-hydrogen) atoms. The van der Waals surface area contributed by atoms with Crippen LogP contribution in [0.5, 0.6) is 0 Å². The van der Waals surface area contributed by atoms with Gasteiger partial charge in [-0.15, -0.1) is 0 Å². The van der Waals surface area contributed by atoms with Crippen LogP contribution in [0.15, 0.2) is 58.6 Å². The normalized spacial score (nSPS) is 10.0. The average Bonchev–Trinajstić information content (AvgIpc) is 2.70. The molecule has 2 nitrogen and oxygen atoms in total. The molecule has 1 aliphatic rings. The summed E-state index contributed by atoms with van der Waals surface area (Å²) < 4.78 is 0. The first-order chi connectivity index (χ1) is 11.8. The summed E-state index contributed by atoms with van der Waals surface area (Å²) in [6.45, 7) is 18.1. The van der Waals surface area contributed by atoms with Gasteiger partial charge in [-0.05, 0) is 43.4 Å². The van der Waals surface area contributed by atoms with Crippen LogP contribution in [-0.4, -0.2) is 18.5 Å². The molecule has 0 radical (unpaired) electrons. The Morgan fingerprint density at radius 3 is 1.32 bits per heavy atom. The SMILES string of the molecule is C.CC.CC.CC.CC.CN=C1C=CC(=Nc2ccc(C)cc2)C=C1. The fourth-order valence-corrected chi connectivity index (χ4v) is 1.44. The lowest BCUT2D eigenvalue weighted by molar-refractivity contribution is 1.43. The first-order valence-corrected chi connectivity index (χ1v) is 9.26. The van der Waals surface area contributed by atoms with Gasteiger partial charge in [-0.1, -0.05) is 80.5 Å². The van der Waals surface area contributed by atoms with E-state index < -0.39 is 0 Å². The first-order valence-electron chi connectivity index (χ1n) is 9.26. The van der Waals surface area contributed by atoms with Crippen molar-refractivity contribution in [2.45, 2.75) is 69.7 Å². The molecule has 1 aromatic carbocycles. The molecule has 0 unspecified atom stereocenters. The Morgan fingerprint density at radius 1 is 0.600 bits per heavy atom. The van der Waals surface area contributed by atoms with Crippen LogP contribution >= 0.6 is 0 Å². The van der Waals surface area contributed by atoms with Crippen molar-refractivity contribution in [2.75, 3.05) is 7.05 Å². The van der Waals surface area contributed by atoms with Crippen molar-refractivity contribution in [2.24, 2.45) is 9.98 Å². The van der Waals surface area contributed by atoms with E-state index in [2.05, 4.69) is 29.0 Å². The van der Waals surface area contributed by atoms with Crippen molar-refractivity contribution in [3.8, 4) is 0 Å². The maximum atomic E-state index is 4.52. The third-order valence-electron chi connectivity index (χ3n) is 2.40. The lowest BCUT2D eigenvalue weighted by Gasteiger charge is -2.01. The highest BCUT2D eigenvalue weighted by Crippen LogP contribution is 2.14. The van der Waals surface area contributed by atoms with Crippen LogP contribution in [-0.2, 0) is 0 Å². The monoisotopic (exact) mass is 346 g/mol. The third-order valence-corrected chi connectivity index (χ3v) is 2.40. The Bertz CT molecular complexity index is 471. The topological polar surface area (TPSA) is 24.7 Å². The number of aliphatic imine (C=N–C) groups is 2. The zero-order valence-corrected chi connectivity index (χ0v) is 17.5. The van der Waals surface area contributed by atoms with E-state index in [1.165, 1.54) is 5.56 Å². The van der Waals surface area contributed by atoms with Crippen LogP contribution in [0.4, 0.5) is 5.69 Å². The predicted octanol–water partition coefficient (Wildman–Crippen LogP) is 8.01. The molecule has 0 fully saturated rings. The Morgan fingerprint density at radius 2 is 0.960 bits per heavy atom. The second kappa shape index (κ2) is 24.3. The fraction of sp³-hybridized carbons (Fsp3) is 0.478. The summed E-state index contributed by atoms with van der Waals surface area (Å²) in [4.78, 5) is 8.60. The molecule has 0 amide bonds. The maximum Gasteiger partial charge on any atom is 0.0638 e. The smallest absolute Gasteiger partial charge is 0.0638 e. The number of benzene rings is 1. The van der Waals surface area contributed by atoms with E-state index in [1.54, 1.807) is 7.05 Å².